The zero-order chi connectivity index (χ0) is 23.0. The number of hydrogen-bond acceptors (Lipinski definition) is 4. The van der Waals surface area contributed by atoms with E-state index in [-0.39, 0.29) is 11.6 Å². The maximum absolute atomic E-state index is 13.6. The topological polar surface area (TPSA) is 58.6 Å². The van der Waals surface area contributed by atoms with Crippen molar-refractivity contribution in [3.63, 3.8) is 0 Å². The molecule has 32 heavy (non-hydrogen) atoms. The minimum atomic E-state index is -0.423. The molecule has 2 amide bonds. The summed E-state index contributed by atoms with van der Waals surface area (Å²) in [6, 6.07) is 18.0. The van der Waals surface area contributed by atoms with Gasteiger partial charge in [-0.2, -0.15) is 0 Å². The van der Waals surface area contributed by atoms with E-state index in [0.717, 1.165) is 16.7 Å². The van der Waals surface area contributed by atoms with Gasteiger partial charge in [-0.1, -0.05) is 35.9 Å². The van der Waals surface area contributed by atoms with E-state index < -0.39 is 5.91 Å². The zero-order valence-electron chi connectivity index (χ0n) is 18.3. The lowest BCUT2D eigenvalue weighted by Crippen LogP contribution is -2.32. The molecule has 0 atom stereocenters. The van der Waals surface area contributed by atoms with Crippen molar-refractivity contribution in [2.45, 2.75) is 20.8 Å². The van der Waals surface area contributed by atoms with E-state index in [0.29, 0.717) is 33.3 Å². The number of nitrogens with zero attached hydrogens (tertiary/aromatic N) is 1. The summed E-state index contributed by atoms with van der Waals surface area (Å²) in [6.07, 6.45) is 0. The summed E-state index contributed by atoms with van der Waals surface area (Å²) >= 11 is 6.28. The molecule has 0 saturated heterocycles. The third-order valence-corrected chi connectivity index (χ3v) is 6.15. The fraction of sp³-hybridized carbons (Fsp3) is 0.154. The number of carbonyl (C=O) groups excluding carboxylic acids is 2. The van der Waals surface area contributed by atoms with Crippen molar-refractivity contribution in [1.29, 1.82) is 0 Å². The number of amides is 2. The molecule has 162 valence electrons. The summed E-state index contributed by atoms with van der Waals surface area (Å²) in [5.74, 6) is -0.165. The normalized spacial score (nSPS) is 13.7. The number of hydrogen-bond donors (Lipinski definition) is 1. The Bertz CT molecular complexity index is 1260. The first kappa shape index (κ1) is 21.7. The highest BCUT2D eigenvalue weighted by Gasteiger charge is 2.40. The molecule has 0 bridgehead atoms. The standard InChI is InChI=1S/C26H23ClN2O3/c1-15-8-9-18(14-16(15)2)23-24(28-22-7-5-6-21(27)17(22)3)26(31)29(25(23)30)19-10-12-20(32-4)13-11-19/h5-14,28H,1-4H3. The lowest BCUT2D eigenvalue weighted by molar-refractivity contribution is -0.120. The molecule has 4 rings (SSSR count). The van der Waals surface area contributed by atoms with Gasteiger partial charge in [0.15, 0.2) is 0 Å². The van der Waals surface area contributed by atoms with Crippen LogP contribution in [0.5, 0.6) is 5.75 Å². The van der Waals surface area contributed by atoms with Crippen LogP contribution in [0, 0.1) is 20.8 Å². The summed E-state index contributed by atoms with van der Waals surface area (Å²) in [7, 11) is 1.57. The molecular formula is C26H23ClN2O3. The number of ether oxygens (including phenoxy) is 1. The second kappa shape index (κ2) is 8.52. The van der Waals surface area contributed by atoms with Crippen LogP contribution in [0.25, 0.3) is 5.57 Å². The molecule has 1 aliphatic heterocycles. The minimum absolute atomic E-state index is 0.222. The molecule has 0 aliphatic carbocycles. The number of nitrogens with one attached hydrogen (secondary N) is 1. The molecule has 3 aromatic rings. The molecule has 1 heterocycles. The number of rotatable bonds is 5. The van der Waals surface area contributed by atoms with Crippen LogP contribution in [0.15, 0.2) is 66.4 Å². The van der Waals surface area contributed by atoms with Crippen LogP contribution in [-0.2, 0) is 9.59 Å². The monoisotopic (exact) mass is 446 g/mol. The Morgan fingerprint density at radius 3 is 2.25 bits per heavy atom. The van der Waals surface area contributed by atoms with Crippen LogP contribution in [0.2, 0.25) is 5.02 Å². The Morgan fingerprint density at radius 1 is 0.875 bits per heavy atom. The lowest BCUT2D eigenvalue weighted by atomic mass is 9.99. The predicted molar refractivity (Wildman–Crippen MR) is 128 cm³/mol. The highest BCUT2D eigenvalue weighted by atomic mass is 35.5. The molecule has 0 unspecified atom stereocenters. The van der Waals surface area contributed by atoms with Crippen molar-refractivity contribution < 1.29 is 14.3 Å². The van der Waals surface area contributed by atoms with Crippen LogP contribution in [0.3, 0.4) is 0 Å². The Morgan fingerprint density at radius 2 is 1.59 bits per heavy atom. The van der Waals surface area contributed by atoms with E-state index in [1.54, 1.807) is 43.5 Å². The zero-order valence-corrected chi connectivity index (χ0v) is 19.1. The van der Waals surface area contributed by atoms with Gasteiger partial charge in [0.2, 0.25) is 0 Å². The van der Waals surface area contributed by atoms with E-state index in [1.807, 2.05) is 45.0 Å². The quantitative estimate of drug-likeness (QED) is 0.513. The van der Waals surface area contributed by atoms with E-state index in [2.05, 4.69) is 5.32 Å². The van der Waals surface area contributed by atoms with Crippen molar-refractivity contribution in [3.05, 3.63) is 93.6 Å². The highest BCUT2D eigenvalue weighted by molar-refractivity contribution is 6.46. The Hall–Kier alpha value is -3.57. The smallest absolute Gasteiger partial charge is 0.282 e. The van der Waals surface area contributed by atoms with E-state index in [4.69, 9.17) is 16.3 Å². The fourth-order valence-electron chi connectivity index (χ4n) is 3.65. The van der Waals surface area contributed by atoms with Crippen LogP contribution in [0.1, 0.15) is 22.3 Å². The molecular weight excluding hydrogens is 424 g/mol. The average Bonchev–Trinajstić information content (AvgIpc) is 3.03. The van der Waals surface area contributed by atoms with Gasteiger partial charge in [0.25, 0.3) is 11.8 Å². The summed E-state index contributed by atoms with van der Waals surface area (Å²) in [4.78, 5) is 28.3. The van der Waals surface area contributed by atoms with Gasteiger partial charge >= 0.3 is 0 Å². The van der Waals surface area contributed by atoms with Crippen LogP contribution in [-0.4, -0.2) is 18.9 Å². The molecule has 6 heteroatoms. The molecule has 3 aromatic carbocycles. The molecule has 0 radical (unpaired) electrons. The summed E-state index contributed by atoms with van der Waals surface area (Å²) in [6.45, 7) is 5.85. The van der Waals surface area contributed by atoms with E-state index in [1.165, 1.54) is 4.90 Å². The Kier molecular flexibility index (Phi) is 5.76. The number of imide groups is 1. The molecule has 0 fully saturated rings. The first-order chi connectivity index (χ1) is 15.3. The SMILES string of the molecule is COc1ccc(N2C(=O)C(Nc3cccc(Cl)c3C)=C(c3ccc(C)c(C)c3)C2=O)cc1. The van der Waals surface area contributed by atoms with Gasteiger partial charge < -0.3 is 10.1 Å². The largest absolute Gasteiger partial charge is 0.497 e. The number of benzene rings is 3. The van der Waals surface area contributed by atoms with Gasteiger partial charge in [-0.15, -0.1) is 0 Å². The average molecular weight is 447 g/mol. The van der Waals surface area contributed by atoms with E-state index in [9.17, 15) is 9.59 Å². The first-order valence-corrected chi connectivity index (χ1v) is 10.6. The minimum Gasteiger partial charge on any atom is -0.497 e. The van der Waals surface area contributed by atoms with Gasteiger partial charge in [0, 0.05) is 10.7 Å². The van der Waals surface area contributed by atoms with E-state index >= 15 is 0 Å². The highest BCUT2D eigenvalue weighted by Crippen LogP contribution is 2.36. The molecule has 5 nitrogen and oxygen atoms in total. The molecule has 1 N–H and O–H groups in total. The fourth-order valence-corrected chi connectivity index (χ4v) is 3.83. The summed E-state index contributed by atoms with van der Waals surface area (Å²) in [5.41, 5.74) is 5.32. The van der Waals surface area contributed by atoms with Crippen molar-refractivity contribution in [2.75, 3.05) is 17.3 Å². The van der Waals surface area contributed by atoms with Gasteiger partial charge in [-0.05, 0) is 79.4 Å². The maximum Gasteiger partial charge on any atom is 0.282 e. The number of anilines is 2. The second-order valence-electron chi connectivity index (χ2n) is 7.73. The third-order valence-electron chi connectivity index (χ3n) is 5.74. The maximum atomic E-state index is 13.6. The number of aryl methyl sites for hydroxylation is 2. The van der Waals surface area contributed by atoms with Gasteiger partial charge in [0.05, 0.1) is 18.4 Å². The van der Waals surface area contributed by atoms with Crippen LogP contribution >= 0.6 is 11.6 Å². The van der Waals surface area contributed by atoms with Gasteiger partial charge in [-0.3, -0.25) is 9.59 Å². The number of carbonyl (C=O) groups is 2. The number of halogens is 1. The Balaban J connectivity index is 1.85. The second-order valence-corrected chi connectivity index (χ2v) is 8.14. The van der Waals surface area contributed by atoms with Crippen LogP contribution in [0.4, 0.5) is 11.4 Å². The first-order valence-electron chi connectivity index (χ1n) is 10.2. The molecule has 0 spiro atoms. The summed E-state index contributed by atoms with van der Waals surface area (Å²) < 4.78 is 5.20. The Labute approximate surface area is 192 Å². The number of methoxy groups -OCH3 is 1. The van der Waals surface area contributed by atoms with Crippen molar-refractivity contribution in [3.8, 4) is 5.75 Å². The molecule has 0 aromatic heterocycles. The third kappa shape index (κ3) is 3.76. The van der Waals surface area contributed by atoms with Crippen molar-refractivity contribution in [2.24, 2.45) is 0 Å². The van der Waals surface area contributed by atoms with Crippen LogP contribution < -0.4 is 15.0 Å². The van der Waals surface area contributed by atoms with Crippen molar-refractivity contribution in [1.82, 2.24) is 0 Å². The van der Waals surface area contributed by atoms with Crippen molar-refractivity contribution >= 4 is 40.4 Å². The van der Waals surface area contributed by atoms with Gasteiger partial charge in [-0.25, -0.2) is 4.90 Å². The molecule has 1 aliphatic rings. The predicted octanol–water partition coefficient (Wildman–Crippen LogP) is 5.67. The summed E-state index contributed by atoms with van der Waals surface area (Å²) in [5, 5.41) is 3.77. The lowest BCUT2D eigenvalue weighted by Gasteiger charge is -2.16. The van der Waals surface area contributed by atoms with Gasteiger partial charge in [0.1, 0.15) is 11.4 Å². The molecule has 0 saturated carbocycles.